The van der Waals surface area contributed by atoms with E-state index in [2.05, 4.69) is 16.8 Å². The molecule has 3 rings (SSSR count). The smallest absolute Gasteiger partial charge is 0.139 e. The Morgan fingerprint density at radius 3 is 2.30 bits per heavy atom. The first-order chi connectivity index (χ1) is 11.3. The number of rotatable bonds is 4. The molecule has 0 bridgehead atoms. The van der Waals surface area contributed by atoms with Crippen molar-refractivity contribution in [3.8, 4) is 11.8 Å². The summed E-state index contributed by atoms with van der Waals surface area (Å²) < 4.78 is 0. The summed E-state index contributed by atoms with van der Waals surface area (Å²) in [5.74, 6) is 6.47. The highest BCUT2D eigenvalue weighted by molar-refractivity contribution is 5.36. The molecule has 0 unspecified atom stereocenters. The van der Waals surface area contributed by atoms with Crippen molar-refractivity contribution >= 4 is 0 Å². The molecule has 0 saturated carbocycles. The lowest BCUT2D eigenvalue weighted by atomic mass is 9.84. The molecular formula is C20H23N2O+. The number of aromatic nitrogens is 1. The minimum Gasteiger partial charge on any atom is -0.379 e. The van der Waals surface area contributed by atoms with Gasteiger partial charge in [0.05, 0.1) is 13.1 Å². The lowest BCUT2D eigenvalue weighted by Gasteiger charge is -2.27. The van der Waals surface area contributed by atoms with Crippen LogP contribution in [0.1, 0.15) is 30.4 Å². The van der Waals surface area contributed by atoms with Gasteiger partial charge in [-0.15, -0.1) is 0 Å². The van der Waals surface area contributed by atoms with Gasteiger partial charge < -0.3 is 10.0 Å². The molecule has 2 heterocycles. The summed E-state index contributed by atoms with van der Waals surface area (Å²) in [6, 6.07) is 13.5. The van der Waals surface area contributed by atoms with E-state index in [0.717, 1.165) is 17.7 Å². The van der Waals surface area contributed by atoms with Gasteiger partial charge in [-0.3, -0.25) is 4.98 Å². The molecule has 0 radical (unpaired) electrons. The molecule has 1 fully saturated rings. The quantitative estimate of drug-likeness (QED) is 0.838. The van der Waals surface area contributed by atoms with E-state index in [9.17, 15) is 5.11 Å². The minimum absolute atomic E-state index is 0.397. The molecule has 3 nitrogen and oxygen atoms in total. The Bertz CT molecular complexity index is 628. The van der Waals surface area contributed by atoms with Gasteiger partial charge in [-0.25, -0.2) is 0 Å². The topological polar surface area (TPSA) is 37.6 Å². The Morgan fingerprint density at radius 2 is 1.61 bits per heavy atom. The van der Waals surface area contributed by atoms with Gasteiger partial charge in [0, 0.05) is 31.7 Å². The summed E-state index contributed by atoms with van der Waals surface area (Å²) in [4.78, 5) is 5.61. The van der Waals surface area contributed by atoms with E-state index in [1.54, 1.807) is 17.3 Å². The highest BCUT2D eigenvalue weighted by atomic mass is 16.3. The second-order valence-corrected chi connectivity index (χ2v) is 6.13. The van der Waals surface area contributed by atoms with E-state index in [-0.39, 0.29) is 0 Å². The fourth-order valence-corrected chi connectivity index (χ4v) is 3.14. The molecule has 1 aliphatic heterocycles. The summed E-state index contributed by atoms with van der Waals surface area (Å²) in [5.41, 5.74) is 0.618. The van der Waals surface area contributed by atoms with Crippen molar-refractivity contribution in [1.29, 1.82) is 0 Å². The third-order valence-electron chi connectivity index (χ3n) is 4.53. The molecule has 0 amide bonds. The maximum Gasteiger partial charge on any atom is 0.139 e. The first-order valence-electron chi connectivity index (χ1n) is 8.27. The Kier molecular flexibility index (Phi) is 5.07. The predicted octanol–water partition coefficient (Wildman–Crippen LogP) is 1.39. The minimum atomic E-state index is -1.09. The summed E-state index contributed by atoms with van der Waals surface area (Å²) >= 11 is 0. The van der Waals surface area contributed by atoms with Gasteiger partial charge in [-0.05, 0) is 29.2 Å². The maximum atomic E-state index is 11.3. The van der Waals surface area contributed by atoms with Crippen LogP contribution in [-0.2, 0) is 5.60 Å². The molecule has 1 atom stereocenters. The van der Waals surface area contributed by atoms with Crippen molar-refractivity contribution in [2.75, 3.05) is 19.6 Å². The van der Waals surface area contributed by atoms with Gasteiger partial charge in [-0.1, -0.05) is 36.3 Å². The van der Waals surface area contributed by atoms with E-state index < -0.39 is 5.60 Å². The molecule has 2 N–H and O–H groups in total. The molecule has 0 spiro atoms. The van der Waals surface area contributed by atoms with Crippen molar-refractivity contribution in [2.45, 2.75) is 24.9 Å². The molecule has 0 aliphatic carbocycles. The summed E-state index contributed by atoms with van der Waals surface area (Å²) in [6.45, 7) is 3.32. The lowest BCUT2D eigenvalue weighted by molar-refractivity contribution is -0.879. The van der Waals surface area contributed by atoms with Crippen LogP contribution in [0.15, 0.2) is 54.9 Å². The average Bonchev–Trinajstić information content (AvgIpc) is 3.13. The van der Waals surface area contributed by atoms with Gasteiger partial charge in [-0.2, -0.15) is 0 Å². The van der Waals surface area contributed by atoms with Gasteiger partial charge in [0.2, 0.25) is 0 Å². The summed E-state index contributed by atoms with van der Waals surface area (Å²) in [7, 11) is 0. The predicted molar refractivity (Wildman–Crippen MR) is 90.9 cm³/mol. The maximum absolute atomic E-state index is 11.3. The average molecular weight is 307 g/mol. The third-order valence-corrected chi connectivity index (χ3v) is 4.53. The van der Waals surface area contributed by atoms with Crippen LogP contribution < -0.4 is 4.90 Å². The Balaban J connectivity index is 1.80. The van der Waals surface area contributed by atoms with E-state index in [1.807, 2.05) is 42.5 Å². The number of aliphatic hydroxyl groups is 1. The van der Waals surface area contributed by atoms with E-state index >= 15 is 0 Å². The first kappa shape index (κ1) is 15.7. The van der Waals surface area contributed by atoms with Crippen LogP contribution in [0.5, 0.6) is 0 Å². The zero-order valence-electron chi connectivity index (χ0n) is 13.3. The monoisotopic (exact) mass is 307 g/mol. The van der Waals surface area contributed by atoms with Crippen LogP contribution >= 0.6 is 0 Å². The van der Waals surface area contributed by atoms with Crippen LogP contribution in [0.2, 0.25) is 0 Å². The molecule has 1 aromatic heterocycles. The van der Waals surface area contributed by atoms with Crippen LogP contribution in [0, 0.1) is 11.8 Å². The number of nitrogens with one attached hydrogen (secondary N) is 1. The number of quaternary nitrogens is 1. The van der Waals surface area contributed by atoms with Gasteiger partial charge in [0.15, 0.2) is 0 Å². The largest absolute Gasteiger partial charge is 0.379 e. The molecular weight excluding hydrogens is 284 g/mol. The fourth-order valence-electron chi connectivity index (χ4n) is 3.14. The molecule has 1 aromatic carbocycles. The number of hydrogen-bond donors (Lipinski definition) is 2. The van der Waals surface area contributed by atoms with E-state index in [1.165, 1.54) is 25.9 Å². The number of hydrogen-bond acceptors (Lipinski definition) is 2. The molecule has 3 heteroatoms. The van der Waals surface area contributed by atoms with E-state index in [0.29, 0.717) is 6.42 Å². The highest BCUT2D eigenvalue weighted by Crippen LogP contribution is 2.32. The van der Waals surface area contributed by atoms with Gasteiger partial charge >= 0.3 is 0 Å². The van der Waals surface area contributed by atoms with Crippen molar-refractivity contribution in [2.24, 2.45) is 0 Å². The number of benzene rings is 1. The van der Waals surface area contributed by atoms with Crippen LogP contribution in [-0.4, -0.2) is 29.7 Å². The highest BCUT2D eigenvalue weighted by Gasteiger charge is 2.30. The number of nitrogens with zero attached hydrogens (tertiary/aromatic N) is 1. The standard InChI is InChI=1S/C20H22N2O/c23-20(18-8-2-1-3-9-18,19-10-13-21-14-11-19)12-4-5-15-22-16-6-7-17-22/h1-3,8-11,13-14,23H,6-7,12,15-17H2/p+1/t20-/m0/s1. The molecule has 2 aromatic rings. The van der Waals surface area contributed by atoms with Crippen molar-refractivity contribution in [3.63, 3.8) is 0 Å². The molecule has 118 valence electrons. The van der Waals surface area contributed by atoms with Crippen molar-refractivity contribution in [1.82, 2.24) is 4.98 Å². The van der Waals surface area contributed by atoms with Gasteiger partial charge in [0.1, 0.15) is 12.1 Å². The SMILES string of the molecule is O[C@@](CC#CC[NH+]1CCCC1)(c1ccccc1)c1ccncc1. The van der Waals surface area contributed by atoms with Gasteiger partial charge in [0.25, 0.3) is 0 Å². The fraction of sp³-hybridized carbons (Fsp3) is 0.350. The zero-order chi connectivity index (χ0) is 16.0. The molecule has 1 saturated heterocycles. The Labute approximate surface area is 138 Å². The van der Waals surface area contributed by atoms with Crippen LogP contribution in [0.4, 0.5) is 0 Å². The molecule has 23 heavy (non-hydrogen) atoms. The van der Waals surface area contributed by atoms with Crippen LogP contribution in [0.25, 0.3) is 0 Å². The van der Waals surface area contributed by atoms with Crippen molar-refractivity contribution < 1.29 is 10.0 Å². The number of likely N-dealkylation sites (tertiary alicyclic amines) is 1. The second-order valence-electron chi connectivity index (χ2n) is 6.13. The Morgan fingerprint density at radius 1 is 0.957 bits per heavy atom. The lowest BCUT2D eigenvalue weighted by Crippen LogP contribution is -3.09. The normalized spacial score (nSPS) is 17.3. The summed E-state index contributed by atoms with van der Waals surface area (Å²) in [6.07, 6.45) is 6.44. The summed E-state index contributed by atoms with van der Waals surface area (Å²) in [5, 5.41) is 11.3. The number of pyridine rings is 1. The van der Waals surface area contributed by atoms with Crippen LogP contribution in [0.3, 0.4) is 0 Å². The van der Waals surface area contributed by atoms with E-state index in [4.69, 9.17) is 0 Å². The Hall–Kier alpha value is -2.15. The zero-order valence-corrected chi connectivity index (χ0v) is 13.3. The molecule has 1 aliphatic rings. The third kappa shape index (κ3) is 3.79. The second kappa shape index (κ2) is 7.41. The first-order valence-corrected chi connectivity index (χ1v) is 8.27. The van der Waals surface area contributed by atoms with Crippen molar-refractivity contribution in [3.05, 3.63) is 66.0 Å².